The average Bonchev–Trinajstić information content (AvgIpc) is 2.36. The van der Waals surface area contributed by atoms with Gasteiger partial charge < -0.3 is 14.8 Å². The van der Waals surface area contributed by atoms with Crippen LogP contribution in [-0.4, -0.2) is 27.7 Å². The zero-order valence-electron chi connectivity index (χ0n) is 6.00. The number of ether oxygens (including phenoxy) is 1. The first kappa shape index (κ1) is 7.59. The van der Waals surface area contributed by atoms with Gasteiger partial charge in [0.2, 0.25) is 5.88 Å². The van der Waals surface area contributed by atoms with E-state index in [1.807, 2.05) is 0 Å². The van der Waals surface area contributed by atoms with Crippen LogP contribution in [0.15, 0.2) is 6.33 Å². The number of rotatable bonds is 2. The fourth-order valence-corrected chi connectivity index (χ4v) is 0.641. The van der Waals surface area contributed by atoms with Gasteiger partial charge in [-0.1, -0.05) is 0 Å². The number of aromatic hydroxyl groups is 1. The lowest BCUT2D eigenvalue weighted by Gasteiger charge is -1.97. The molecule has 0 bridgehead atoms. The molecule has 0 aromatic carbocycles. The monoisotopic (exact) mass is 156 g/mol. The molecule has 5 nitrogen and oxygen atoms in total. The Morgan fingerprint density at radius 1 is 1.91 bits per heavy atom. The van der Waals surface area contributed by atoms with Crippen LogP contribution in [0.2, 0.25) is 0 Å². The molecule has 0 radical (unpaired) electrons. The van der Waals surface area contributed by atoms with Crippen LogP contribution >= 0.6 is 0 Å². The van der Waals surface area contributed by atoms with Gasteiger partial charge in [0, 0.05) is 0 Å². The summed E-state index contributed by atoms with van der Waals surface area (Å²) in [5.41, 5.74) is -0.00755. The second-order valence-corrected chi connectivity index (χ2v) is 1.82. The molecule has 1 aromatic heterocycles. The van der Waals surface area contributed by atoms with Crippen molar-refractivity contribution in [3.63, 3.8) is 0 Å². The minimum absolute atomic E-state index is 0.00755. The number of imidazole rings is 1. The molecule has 0 aliphatic rings. The van der Waals surface area contributed by atoms with Gasteiger partial charge in [-0.3, -0.25) is 0 Å². The summed E-state index contributed by atoms with van der Waals surface area (Å²) in [5, 5.41) is 8.90. The van der Waals surface area contributed by atoms with E-state index in [4.69, 9.17) is 5.11 Å². The average molecular weight is 156 g/mol. The minimum Gasteiger partial charge on any atom is -0.492 e. The standard InChI is InChI=1S/C6H8N2O3/c1-2-11-6(10)4-5(9)8-3-7-4/h3,9H,2H2,1H3,(H,7,8). The fourth-order valence-electron chi connectivity index (χ4n) is 0.641. The summed E-state index contributed by atoms with van der Waals surface area (Å²) in [4.78, 5) is 16.7. The first-order chi connectivity index (χ1) is 5.25. The minimum atomic E-state index is -0.595. The highest BCUT2D eigenvalue weighted by molar-refractivity contribution is 5.89. The van der Waals surface area contributed by atoms with Crippen molar-refractivity contribution in [1.29, 1.82) is 0 Å². The quantitative estimate of drug-likeness (QED) is 0.603. The Kier molecular flexibility index (Phi) is 2.10. The number of hydrogen-bond donors (Lipinski definition) is 2. The summed E-state index contributed by atoms with van der Waals surface area (Å²) >= 11 is 0. The highest BCUT2D eigenvalue weighted by Crippen LogP contribution is 2.10. The number of aromatic amines is 1. The van der Waals surface area contributed by atoms with Gasteiger partial charge in [-0.25, -0.2) is 9.78 Å². The smallest absolute Gasteiger partial charge is 0.360 e. The second kappa shape index (κ2) is 3.05. The number of H-pyrrole nitrogens is 1. The predicted octanol–water partition coefficient (Wildman–Crippen LogP) is 0.292. The summed E-state index contributed by atoms with van der Waals surface area (Å²) in [6, 6.07) is 0. The van der Waals surface area contributed by atoms with Crippen LogP contribution in [0.25, 0.3) is 0 Å². The van der Waals surface area contributed by atoms with Crippen LogP contribution < -0.4 is 0 Å². The van der Waals surface area contributed by atoms with E-state index in [2.05, 4.69) is 14.7 Å². The molecule has 0 unspecified atom stereocenters. The fraction of sp³-hybridized carbons (Fsp3) is 0.333. The lowest BCUT2D eigenvalue weighted by atomic mass is 10.5. The van der Waals surface area contributed by atoms with Gasteiger partial charge in [-0.15, -0.1) is 0 Å². The number of hydrogen-bond acceptors (Lipinski definition) is 4. The zero-order chi connectivity index (χ0) is 8.27. The molecule has 0 saturated heterocycles. The first-order valence-corrected chi connectivity index (χ1v) is 3.15. The molecule has 11 heavy (non-hydrogen) atoms. The molecule has 0 aliphatic heterocycles. The van der Waals surface area contributed by atoms with Gasteiger partial charge in [0.05, 0.1) is 12.9 Å². The zero-order valence-corrected chi connectivity index (χ0v) is 6.00. The van der Waals surface area contributed by atoms with Crippen LogP contribution in [-0.2, 0) is 4.74 Å². The SMILES string of the molecule is CCOC(=O)c1[nH]cnc1O. The van der Waals surface area contributed by atoms with Crippen LogP contribution in [0.1, 0.15) is 17.4 Å². The molecule has 1 rings (SSSR count). The third-order valence-electron chi connectivity index (χ3n) is 1.10. The second-order valence-electron chi connectivity index (χ2n) is 1.82. The van der Waals surface area contributed by atoms with Crippen molar-refractivity contribution in [2.45, 2.75) is 6.92 Å². The maximum atomic E-state index is 10.9. The van der Waals surface area contributed by atoms with Gasteiger partial charge in [0.15, 0.2) is 5.69 Å². The van der Waals surface area contributed by atoms with E-state index in [1.54, 1.807) is 6.92 Å². The highest BCUT2D eigenvalue weighted by Gasteiger charge is 2.13. The molecule has 0 amide bonds. The maximum Gasteiger partial charge on any atom is 0.360 e. The molecule has 1 heterocycles. The predicted molar refractivity (Wildman–Crippen MR) is 36.2 cm³/mol. The molecular weight excluding hydrogens is 148 g/mol. The van der Waals surface area contributed by atoms with E-state index < -0.39 is 5.97 Å². The van der Waals surface area contributed by atoms with E-state index in [-0.39, 0.29) is 18.2 Å². The Morgan fingerprint density at radius 3 is 3.09 bits per heavy atom. The van der Waals surface area contributed by atoms with E-state index >= 15 is 0 Å². The number of esters is 1. The number of nitrogens with one attached hydrogen (secondary N) is 1. The van der Waals surface area contributed by atoms with Crippen molar-refractivity contribution >= 4 is 5.97 Å². The maximum absolute atomic E-state index is 10.9. The van der Waals surface area contributed by atoms with Gasteiger partial charge in [-0.2, -0.15) is 0 Å². The molecule has 0 spiro atoms. The van der Waals surface area contributed by atoms with Crippen molar-refractivity contribution in [3.05, 3.63) is 12.0 Å². The van der Waals surface area contributed by atoms with Crippen molar-refractivity contribution in [2.75, 3.05) is 6.61 Å². The number of carbonyl (C=O) groups excluding carboxylic acids is 1. The number of nitrogens with zero attached hydrogens (tertiary/aromatic N) is 1. The van der Waals surface area contributed by atoms with Crippen LogP contribution in [0, 0.1) is 0 Å². The van der Waals surface area contributed by atoms with Crippen molar-refractivity contribution in [2.24, 2.45) is 0 Å². The highest BCUT2D eigenvalue weighted by atomic mass is 16.5. The lowest BCUT2D eigenvalue weighted by Crippen LogP contribution is -2.04. The Balaban J connectivity index is 2.76. The molecule has 1 aromatic rings. The van der Waals surface area contributed by atoms with Crippen LogP contribution in [0.4, 0.5) is 0 Å². The molecule has 5 heteroatoms. The molecule has 0 atom stereocenters. The van der Waals surface area contributed by atoms with Crippen LogP contribution in [0.5, 0.6) is 5.88 Å². The summed E-state index contributed by atoms with van der Waals surface area (Å²) in [5.74, 6) is -0.925. The molecule has 2 N–H and O–H groups in total. The summed E-state index contributed by atoms with van der Waals surface area (Å²) < 4.78 is 4.60. The van der Waals surface area contributed by atoms with E-state index in [0.717, 1.165) is 0 Å². The van der Waals surface area contributed by atoms with Gasteiger partial charge in [-0.05, 0) is 6.92 Å². The summed E-state index contributed by atoms with van der Waals surface area (Å²) in [7, 11) is 0. The van der Waals surface area contributed by atoms with Crippen molar-refractivity contribution in [3.8, 4) is 5.88 Å². The Morgan fingerprint density at radius 2 is 2.64 bits per heavy atom. The normalized spacial score (nSPS) is 9.55. The Hall–Kier alpha value is -1.52. The van der Waals surface area contributed by atoms with E-state index in [1.165, 1.54) is 6.33 Å². The van der Waals surface area contributed by atoms with Gasteiger partial charge >= 0.3 is 5.97 Å². The summed E-state index contributed by atoms with van der Waals surface area (Å²) in [6.45, 7) is 1.96. The molecule has 60 valence electrons. The number of carbonyl (C=O) groups is 1. The third kappa shape index (κ3) is 1.49. The van der Waals surface area contributed by atoms with Gasteiger partial charge in [0.25, 0.3) is 0 Å². The van der Waals surface area contributed by atoms with Crippen molar-refractivity contribution in [1.82, 2.24) is 9.97 Å². The van der Waals surface area contributed by atoms with Crippen LogP contribution in [0.3, 0.4) is 0 Å². The largest absolute Gasteiger partial charge is 0.492 e. The molecule has 0 saturated carbocycles. The van der Waals surface area contributed by atoms with Gasteiger partial charge in [0.1, 0.15) is 0 Å². The molecule has 0 aliphatic carbocycles. The third-order valence-corrected chi connectivity index (χ3v) is 1.10. The Bertz CT molecular complexity index is 256. The number of aromatic nitrogens is 2. The lowest BCUT2D eigenvalue weighted by molar-refractivity contribution is 0.0516. The Labute approximate surface area is 63.0 Å². The van der Waals surface area contributed by atoms with Crippen molar-refractivity contribution < 1.29 is 14.6 Å². The first-order valence-electron chi connectivity index (χ1n) is 3.15. The summed E-state index contributed by atoms with van der Waals surface area (Å²) in [6.07, 6.45) is 1.22. The molecule has 0 fully saturated rings. The van der Waals surface area contributed by atoms with E-state index in [9.17, 15) is 4.79 Å². The molecular formula is C6H8N2O3. The topological polar surface area (TPSA) is 75.2 Å². The van der Waals surface area contributed by atoms with E-state index in [0.29, 0.717) is 0 Å².